The van der Waals surface area contributed by atoms with E-state index in [1.807, 2.05) is 6.20 Å². The van der Waals surface area contributed by atoms with E-state index in [1.165, 1.54) is 5.56 Å². The monoisotopic (exact) mass is 503 g/mol. The van der Waals surface area contributed by atoms with E-state index >= 15 is 0 Å². The molecule has 1 fully saturated rings. The second-order valence-electron chi connectivity index (χ2n) is 8.41. The third kappa shape index (κ3) is 7.73. The molecular formula is C21H38IN5O. The summed E-state index contributed by atoms with van der Waals surface area (Å²) in [6.07, 6.45) is 4.19. The summed E-state index contributed by atoms with van der Waals surface area (Å²) in [5.41, 5.74) is 1.27. The molecule has 6 nitrogen and oxygen atoms in total. The van der Waals surface area contributed by atoms with Crippen molar-refractivity contribution in [3.05, 3.63) is 23.9 Å². The lowest BCUT2D eigenvalue weighted by atomic mass is 9.89. The normalized spacial score (nSPS) is 17.1. The van der Waals surface area contributed by atoms with Gasteiger partial charge in [0.2, 0.25) is 0 Å². The molecule has 0 aromatic carbocycles. The third-order valence-electron chi connectivity index (χ3n) is 5.07. The first kappa shape index (κ1) is 24.9. The van der Waals surface area contributed by atoms with Crippen molar-refractivity contribution in [2.75, 3.05) is 38.2 Å². The maximum atomic E-state index is 5.63. The van der Waals surface area contributed by atoms with E-state index in [0.717, 1.165) is 44.3 Å². The molecule has 7 heteroatoms. The number of aromatic nitrogens is 1. The number of pyridine rings is 1. The van der Waals surface area contributed by atoms with Gasteiger partial charge in [0.1, 0.15) is 5.82 Å². The first-order chi connectivity index (χ1) is 12.8. The van der Waals surface area contributed by atoms with Crippen molar-refractivity contribution >= 4 is 35.8 Å². The van der Waals surface area contributed by atoms with Gasteiger partial charge in [-0.05, 0) is 43.7 Å². The standard InChI is InChI=1S/C21H37N5O.HI/c1-7-22-20(24-15-18(27-6)21(3,4)5)25-17-10-12-26(13-11-17)19-9-8-16(2)14-23-19;/h8-9,14,17-18H,7,10-13,15H2,1-6H3,(H2,22,24,25);1H. The van der Waals surface area contributed by atoms with Gasteiger partial charge < -0.3 is 20.3 Å². The molecular weight excluding hydrogens is 465 g/mol. The van der Waals surface area contributed by atoms with Crippen LogP contribution in [-0.2, 0) is 4.74 Å². The number of aliphatic imine (C=N–C) groups is 1. The SMILES string of the molecule is CCNC(=NCC(OC)C(C)(C)C)NC1CCN(c2ccc(C)cn2)CC1.I. The number of nitrogens with one attached hydrogen (secondary N) is 2. The van der Waals surface area contributed by atoms with Crippen molar-refractivity contribution in [1.29, 1.82) is 0 Å². The lowest BCUT2D eigenvalue weighted by molar-refractivity contribution is 0.0241. The Labute approximate surface area is 187 Å². The van der Waals surface area contributed by atoms with E-state index in [9.17, 15) is 0 Å². The number of nitrogens with zero attached hydrogens (tertiary/aromatic N) is 3. The summed E-state index contributed by atoms with van der Waals surface area (Å²) < 4.78 is 5.63. The van der Waals surface area contributed by atoms with Gasteiger partial charge in [0.25, 0.3) is 0 Å². The summed E-state index contributed by atoms with van der Waals surface area (Å²) in [7, 11) is 1.76. The van der Waals surface area contributed by atoms with Crippen molar-refractivity contribution in [1.82, 2.24) is 15.6 Å². The number of ether oxygens (including phenoxy) is 1. The number of hydrogen-bond donors (Lipinski definition) is 2. The second kappa shape index (κ2) is 11.8. The molecule has 1 aromatic heterocycles. The Bertz CT molecular complexity index is 592. The highest BCUT2D eigenvalue weighted by molar-refractivity contribution is 14.0. The predicted molar refractivity (Wildman–Crippen MR) is 129 cm³/mol. The molecule has 0 amide bonds. The van der Waals surface area contributed by atoms with Gasteiger partial charge in [0.15, 0.2) is 5.96 Å². The number of halogens is 1. The van der Waals surface area contributed by atoms with E-state index in [1.54, 1.807) is 7.11 Å². The van der Waals surface area contributed by atoms with Crippen molar-refractivity contribution in [3.8, 4) is 0 Å². The van der Waals surface area contributed by atoms with Crippen LogP contribution in [0.5, 0.6) is 0 Å². The van der Waals surface area contributed by atoms with Gasteiger partial charge in [-0.25, -0.2) is 4.98 Å². The number of rotatable bonds is 6. The fourth-order valence-corrected chi connectivity index (χ4v) is 3.29. The Hall–Kier alpha value is -1.09. The van der Waals surface area contributed by atoms with Crippen LogP contribution < -0.4 is 15.5 Å². The largest absolute Gasteiger partial charge is 0.379 e. The number of piperidine rings is 1. The summed E-state index contributed by atoms with van der Waals surface area (Å²) in [5, 5.41) is 6.97. The maximum absolute atomic E-state index is 5.63. The summed E-state index contributed by atoms with van der Waals surface area (Å²) >= 11 is 0. The Morgan fingerprint density at radius 2 is 2.00 bits per heavy atom. The first-order valence-electron chi connectivity index (χ1n) is 10.1. The Balaban J connectivity index is 0.00000392. The number of aryl methyl sites for hydroxylation is 1. The Morgan fingerprint density at radius 1 is 1.32 bits per heavy atom. The second-order valence-corrected chi connectivity index (χ2v) is 8.41. The van der Waals surface area contributed by atoms with E-state index in [-0.39, 0.29) is 35.5 Å². The minimum absolute atomic E-state index is 0. The molecule has 0 spiro atoms. The quantitative estimate of drug-likeness (QED) is 0.353. The van der Waals surface area contributed by atoms with Crippen molar-refractivity contribution < 1.29 is 4.74 Å². The zero-order valence-electron chi connectivity index (χ0n) is 18.3. The molecule has 0 radical (unpaired) electrons. The van der Waals surface area contributed by atoms with Gasteiger partial charge in [-0.3, -0.25) is 4.99 Å². The summed E-state index contributed by atoms with van der Waals surface area (Å²) in [6.45, 7) is 14.3. The van der Waals surface area contributed by atoms with Gasteiger partial charge in [0.05, 0.1) is 12.6 Å². The highest BCUT2D eigenvalue weighted by Crippen LogP contribution is 2.22. The van der Waals surface area contributed by atoms with Crippen LogP contribution >= 0.6 is 24.0 Å². The molecule has 28 heavy (non-hydrogen) atoms. The molecule has 0 bridgehead atoms. The number of anilines is 1. The van der Waals surface area contributed by atoms with Crippen molar-refractivity contribution in [2.24, 2.45) is 10.4 Å². The predicted octanol–water partition coefficient (Wildman–Crippen LogP) is 3.59. The van der Waals surface area contributed by atoms with Crippen LogP contribution in [-0.4, -0.2) is 56.4 Å². The Kier molecular flexibility index (Phi) is 10.5. The van der Waals surface area contributed by atoms with E-state index in [0.29, 0.717) is 12.6 Å². The van der Waals surface area contributed by atoms with E-state index < -0.39 is 0 Å². The number of guanidine groups is 1. The fourth-order valence-electron chi connectivity index (χ4n) is 3.29. The molecule has 2 rings (SSSR count). The van der Waals surface area contributed by atoms with Crippen LogP contribution in [0.2, 0.25) is 0 Å². The zero-order chi connectivity index (χ0) is 19.9. The molecule has 2 N–H and O–H groups in total. The molecule has 1 aliphatic heterocycles. The van der Waals surface area contributed by atoms with Gasteiger partial charge in [0, 0.05) is 39.0 Å². The van der Waals surface area contributed by atoms with Crippen LogP contribution in [0.4, 0.5) is 5.82 Å². The van der Waals surface area contributed by atoms with Gasteiger partial charge in [-0.2, -0.15) is 0 Å². The van der Waals surface area contributed by atoms with Gasteiger partial charge in [-0.15, -0.1) is 24.0 Å². The van der Waals surface area contributed by atoms with Gasteiger partial charge >= 0.3 is 0 Å². The molecule has 2 heterocycles. The molecule has 1 unspecified atom stereocenters. The molecule has 1 atom stereocenters. The number of hydrogen-bond acceptors (Lipinski definition) is 4. The lowest BCUT2D eigenvalue weighted by Crippen LogP contribution is -2.49. The summed E-state index contributed by atoms with van der Waals surface area (Å²) in [5.74, 6) is 1.96. The molecule has 1 saturated heterocycles. The first-order valence-corrected chi connectivity index (χ1v) is 10.1. The van der Waals surface area contributed by atoms with E-state index in [2.05, 4.69) is 67.3 Å². The fraction of sp³-hybridized carbons (Fsp3) is 0.714. The smallest absolute Gasteiger partial charge is 0.191 e. The lowest BCUT2D eigenvalue weighted by Gasteiger charge is -2.34. The summed E-state index contributed by atoms with van der Waals surface area (Å²) in [4.78, 5) is 11.7. The highest BCUT2D eigenvalue weighted by Gasteiger charge is 2.25. The van der Waals surface area contributed by atoms with Crippen LogP contribution in [0.25, 0.3) is 0 Å². The third-order valence-corrected chi connectivity index (χ3v) is 5.07. The van der Waals surface area contributed by atoms with Crippen molar-refractivity contribution in [3.63, 3.8) is 0 Å². The number of methoxy groups -OCH3 is 1. The molecule has 1 aromatic rings. The average Bonchev–Trinajstić information content (AvgIpc) is 2.62. The minimum Gasteiger partial charge on any atom is -0.379 e. The maximum Gasteiger partial charge on any atom is 0.191 e. The van der Waals surface area contributed by atoms with Crippen LogP contribution in [0.15, 0.2) is 23.3 Å². The summed E-state index contributed by atoms with van der Waals surface area (Å²) in [6, 6.07) is 4.68. The zero-order valence-corrected chi connectivity index (χ0v) is 20.6. The molecule has 1 aliphatic rings. The highest BCUT2D eigenvalue weighted by atomic mass is 127. The molecule has 0 aliphatic carbocycles. The van der Waals surface area contributed by atoms with Crippen LogP contribution in [0.1, 0.15) is 46.1 Å². The molecule has 0 saturated carbocycles. The van der Waals surface area contributed by atoms with Crippen molar-refractivity contribution in [2.45, 2.75) is 59.6 Å². The minimum atomic E-state index is 0. The molecule has 160 valence electrons. The average molecular weight is 503 g/mol. The Morgan fingerprint density at radius 3 is 2.50 bits per heavy atom. The van der Waals surface area contributed by atoms with Gasteiger partial charge in [-0.1, -0.05) is 26.8 Å². The van der Waals surface area contributed by atoms with E-state index in [4.69, 9.17) is 9.73 Å². The van der Waals surface area contributed by atoms with Crippen LogP contribution in [0, 0.1) is 12.3 Å². The topological polar surface area (TPSA) is 61.8 Å². The van der Waals surface area contributed by atoms with Crippen LogP contribution in [0.3, 0.4) is 0 Å².